The van der Waals surface area contributed by atoms with E-state index in [0.29, 0.717) is 28.6 Å². The van der Waals surface area contributed by atoms with E-state index in [0.717, 1.165) is 5.03 Å². The first kappa shape index (κ1) is 14.6. The molecule has 3 N–H and O–H groups in total. The predicted molar refractivity (Wildman–Crippen MR) is 81.9 cm³/mol. The number of amides is 1. The number of rotatable bonds is 5. The third-order valence-electron chi connectivity index (χ3n) is 2.39. The lowest BCUT2D eigenvalue weighted by atomic mass is 10.3. The van der Waals surface area contributed by atoms with Crippen molar-refractivity contribution in [3.8, 4) is 0 Å². The number of nitrogens with one attached hydrogen (secondary N) is 1. The molecule has 104 valence electrons. The number of benzene rings is 1. The smallest absolute Gasteiger partial charge is 0.225 e. The van der Waals surface area contributed by atoms with Crippen LogP contribution in [0.1, 0.15) is 6.42 Å². The molecule has 1 heterocycles. The average Bonchev–Trinajstić information content (AvgIpc) is 2.43. The van der Waals surface area contributed by atoms with Crippen LogP contribution in [0.4, 0.5) is 11.4 Å². The molecule has 0 saturated heterocycles. The summed E-state index contributed by atoms with van der Waals surface area (Å²) in [5.74, 6) is 0.518. The standard InChI is InChI=1S/C13H13ClN4OS/c14-10-7-9(15)1-2-11(10)18-12(19)3-6-20-13-8-16-4-5-17-13/h1-2,4-5,7-8H,3,6,15H2,(H,18,19). The summed E-state index contributed by atoms with van der Waals surface area (Å²) in [6.45, 7) is 0. The molecule has 0 saturated carbocycles. The molecule has 1 aromatic carbocycles. The Bertz CT molecular complexity index is 594. The molecule has 0 aliphatic carbocycles. The summed E-state index contributed by atoms with van der Waals surface area (Å²) in [4.78, 5) is 19.9. The second kappa shape index (κ2) is 7.12. The first-order valence-electron chi connectivity index (χ1n) is 5.89. The van der Waals surface area contributed by atoms with Crippen LogP contribution in [0.5, 0.6) is 0 Å². The number of hydrogen-bond acceptors (Lipinski definition) is 5. The van der Waals surface area contributed by atoms with Crippen LogP contribution in [0.2, 0.25) is 5.02 Å². The molecule has 5 nitrogen and oxygen atoms in total. The second-order valence-electron chi connectivity index (χ2n) is 3.93. The largest absolute Gasteiger partial charge is 0.399 e. The van der Waals surface area contributed by atoms with Crippen molar-refractivity contribution in [2.75, 3.05) is 16.8 Å². The molecule has 1 aromatic heterocycles. The number of halogens is 1. The topological polar surface area (TPSA) is 80.9 Å². The molecule has 0 atom stereocenters. The number of nitrogen functional groups attached to an aromatic ring is 1. The number of carbonyl (C=O) groups excluding carboxylic acids is 1. The van der Waals surface area contributed by atoms with Crippen molar-refractivity contribution in [3.05, 3.63) is 41.8 Å². The minimum atomic E-state index is -0.104. The number of anilines is 2. The van der Waals surface area contributed by atoms with Gasteiger partial charge in [0.05, 0.1) is 16.9 Å². The van der Waals surface area contributed by atoms with Crippen molar-refractivity contribution in [2.45, 2.75) is 11.4 Å². The second-order valence-corrected chi connectivity index (χ2v) is 5.45. The Kier molecular flexibility index (Phi) is 5.20. The third kappa shape index (κ3) is 4.40. The van der Waals surface area contributed by atoms with Crippen LogP contribution in [-0.2, 0) is 4.79 Å². The van der Waals surface area contributed by atoms with Crippen LogP contribution in [0.25, 0.3) is 0 Å². The molecule has 0 fully saturated rings. The van der Waals surface area contributed by atoms with Crippen LogP contribution < -0.4 is 11.1 Å². The molecule has 2 rings (SSSR count). The number of thioether (sulfide) groups is 1. The molecule has 1 amide bonds. The van der Waals surface area contributed by atoms with E-state index in [-0.39, 0.29) is 5.91 Å². The lowest BCUT2D eigenvalue weighted by Crippen LogP contribution is -2.12. The Morgan fingerprint density at radius 3 is 2.95 bits per heavy atom. The molecule has 2 aromatic rings. The number of carbonyl (C=O) groups is 1. The Balaban J connectivity index is 1.81. The van der Waals surface area contributed by atoms with Gasteiger partial charge in [0.2, 0.25) is 5.91 Å². The Morgan fingerprint density at radius 1 is 1.40 bits per heavy atom. The maximum absolute atomic E-state index is 11.8. The fraction of sp³-hybridized carbons (Fsp3) is 0.154. The summed E-state index contributed by atoms with van der Waals surface area (Å²) >= 11 is 7.46. The highest BCUT2D eigenvalue weighted by molar-refractivity contribution is 7.99. The van der Waals surface area contributed by atoms with Gasteiger partial charge in [0, 0.05) is 30.3 Å². The van der Waals surface area contributed by atoms with Gasteiger partial charge < -0.3 is 11.1 Å². The summed E-state index contributed by atoms with van der Waals surface area (Å²) in [6, 6.07) is 4.98. The minimum absolute atomic E-state index is 0.104. The van der Waals surface area contributed by atoms with Crippen molar-refractivity contribution in [1.29, 1.82) is 0 Å². The zero-order valence-electron chi connectivity index (χ0n) is 10.5. The molecule has 0 bridgehead atoms. The average molecular weight is 309 g/mol. The molecule has 0 unspecified atom stereocenters. The van der Waals surface area contributed by atoms with Gasteiger partial charge in [-0.05, 0) is 18.2 Å². The number of aromatic nitrogens is 2. The molecule has 0 aliphatic heterocycles. The van der Waals surface area contributed by atoms with Gasteiger partial charge in [0.25, 0.3) is 0 Å². The number of nitrogens with two attached hydrogens (primary N) is 1. The van der Waals surface area contributed by atoms with Gasteiger partial charge in [-0.1, -0.05) is 11.6 Å². The highest BCUT2D eigenvalue weighted by Crippen LogP contribution is 2.24. The van der Waals surface area contributed by atoms with E-state index >= 15 is 0 Å². The molecule has 0 aliphatic rings. The zero-order valence-corrected chi connectivity index (χ0v) is 12.1. The van der Waals surface area contributed by atoms with Crippen molar-refractivity contribution in [3.63, 3.8) is 0 Å². The number of nitrogens with zero attached hydrogens (tertiary/aromatic N) is 2. The van der Waals surface area contributed by atoms with Crippen molar-refractivity contribution in [2.24, 2.45) is 0 Å². The van der Waals surface area contributed by atoms with Crippen molar-refractivity contribution < 1.29 is 4.79 Å². The minimum Gasteiger partial charge on any atom is -0.399 e. The molecular formula is C13H13ClN4OS. The molecule has 0 radical (unpaired) electrons. The van der Waals surface area contributed by atoms with Crippen LogP contribution in [0.3, 0.4) is 0 Å². The summed E-state index contributed by atoms with van der Waals surface area (Å²) in [7, 11) is 0. The fourth-order valence-electron chi connectivity index (χ4n) is 1.45. The van der Waals surface area contributed by atoms with Crippen LogP contribution in [0, 0.1) is 0 Å². The van der Waals surface area contributed by atoms with E-state index in [9.17, 15) is 4.79 Å². The van der Waals surface area contributed by atoms with E-state index < -0.39 is 0 Å². The highest BCUT2D eigenvalue weighted by atomic mass is 35.5. The van der Waals surface area contributed by atoms with E-state index in [1.165, 1.54) is 11.8 Å². The molecule has 20 heavy (non-hydrogen) atoms. The fourth-order valence-corrected chi connectivity index (χ4v) is 2.46. The van der Waals surface area contributed by atoms with Gasteiger partial charge in [0.1, 0.15) is 5.03 Å². The predicted octanol–water partition coefficient (Wildman–Crippen LogP) is 2.83. The molecule has 7 heteroatoms. The Hall–Kier alpha value is -1.79. The van der Waals surface area contributed by atoms with Crippen molar-refractivity contribution in [1.82, 2.24) is 9.97 Å². The lowest BCUT2D eigenvalue weighted by molar-refractivity contribution is -0.115. The monoisotopic (exact) mass is 308 g/mol. The summed E-state index contributed by atoms with van der Waals surface area (Å²) in [6.07, 6.45) is 5.26. The maximum Gasteiger partial charge on any atom is 0.225 e. The van der Waals surface area contributed by atoms with Crippen LogP contribution >= 0.6 is 23.4 Å². The van der Waals surface area contributed by atoms with E-state index in [1.807, 2.05) is 0 Å². The lowest BCUT2D eigenvalue weighted by Gasteiger charge is -2.07. The summed E-state index contributed by atoms with van der Waals surface area (Å²) < 4.78 is 0. The number of hydrogen-bond donors (Lipinski definition) is 2. The normalized spacial score (nSPS) is 10.2. The van der Waals surface area contributed by atoms with Gasteiger partial charge in [-0.25, -0.2) is 4.98 Å². The van der Waals surface area contributed by atoms with Gasteiger partial charge in [-0.15, -0.1) is 11.8 Å². The van der Waals surface area contributed by atoms with E-state index in [1.54, 1.807) is 36.8 Å². The first-order valence-corrected chi connectivity index (χ1v) is 7.25. The zero-order chi connectivity index (χ0) is 14.4. The highest BCUT2D eigenvalue weighted by Gasteiger charge is 2.06. The third-order valence-corrected chi connectivity index (χ3v) is 3.61. The first-order chi connectivity index (χ1) is 9.65. The quantitative estimate of drug-likeness (QED) is 0.655. The summed E-state index contributed by atoms with van der Waals surface area (Å²) in [5.41, 5.74) is 6.72. The van der Waals surface area contributed by atoms with Crippen molar-refractivity contribution >= 4 is 40.6 Å². The van der Waals surface area contributed by atoms with Gasteiger partial charge in [0.15, 0.2) is 0 Å². The molecular weight excluding hydrogens is 296 g/mol. The van der Waals surface area contributed by atoms with E-state index in [4.69, 9.17) is 17.3 Å². The van der Waals surface area contributed by atoms with E-state index in [2.05, 4.69) is 15.3 Å². The maximum atomic E-state index is 11.8. The Labute approximate surface area is 126 Å². The van der Waals surface area contributed by atoms with Crippen LogP contribution in [-0.4, -0.2) is 21.6 Å². The molecule has 0 spiro atoms. The van der Waals surface area contributed by atoms with Gasteiger partial charge in [-0.3, -0.25) is 9.78 Å². The SMILES string of the molecule is Nc1ccc(NC(=O)CCSc2cnccn2)c(Cl)c1. The Morgan fingerprint density at radius 2 is 2.25 bits per heavy atom. The summed E-state index contributed by atoms with van der Waals surface area (Å²) in [5, 5.41) is 3.98. The van der Waals surface area contributed by atoms with Gasteiger partial charge in [-0.2, -0.15) is 0 Å². The van der Waals surface area contributed by atoms with Crippen LogP contribution in [0.15, 0.2) is 41.8 Å². The van der Waals surface area contributed by atoms with Gasteiger partial charge >= 0.3 is 0 Å².